The fourth-order valence-corrected chi connectivity index (χ4v) is 1.67. The number of aromatic amines is 1. The second-order valence-corrected chi connectivity index (χ2v) is 4.54. The van der Waals surface area contributed by atoms with Crippen molar-refractivity contribution in [1.29, 1.82) is 0 Å². The number of aromatic hydroxyl groups is 1. The van der Waals surface area contributed by atoms with Crippen molar-refractivity contribution in [3.05, 3.63) is 28.2 Å². The first kappa shape index (κ1) is 13.2. The molecule has 2 rings (SSSR count). The number of H-pyrrole nitrogens is 1. The number of aromatic nitrogens is 3. The van der Waals surface area contributed by atoms with Crippen molar-refractivity contribution >= 4 is 39.9 Å². The summed E-state index contributed by atoms with van der Waals surface area (Å²) < 4.78 is 0.820. The molecule has 0 saturated carbocycles. The van der Waals surface area contributed by atoms with Crippen molar-refractivity contribution in [3.8, 4) is 5.75 Å². The quantitative estimate of drug-likeness (QED) is 0.751. The molecule has 7 nitrogen and oxygen atoms in total. The minimum Gasteiger partial charge on any atom is -0.507 e. The molecule has 1 heterocycles. The van der Waals surface area contributed by atoms with Crippen LogP contribution >= 0.6 is 15.9 Å². The van der Waals surface area contributed by atoms with Crippen molar-refractivity contribution in [2.24, 2.45) is 4.99 Å². The molecule has 98 valence electrons. The first-order valence-electron chi connectivity index (χ1n) is 5.27. The molecule has 0 aliphatic heterocycles. The van der Waals surface area contributed by atoms with Crippen molar-refractivity contribution in [2.45, 2.75) is 6.92 Å². The van der Waals surface area contributed by atoms with E-state index in [9.17, 15) is 9.90 Å². The Morgan fingerprint density at radius 1 is 1.58 bits per heavy atom. The zero-order valence-corrected chi connectivity index (χ0v) is 11.5. The zero-order chi connectivity index (χ0) is 13.8. The van der Waals surface area contributed by atoms with Gasteiger partial charge in [-0.1, -0.05) is 15.9 Å². The van der Waals surface area contributed by atoms with E-state index in [4.69, 9.17) is 0 Å². The van der Waals surface area contributed by atoms with Crippen molar-refractivity contribution in [3.63, 3.8) is 0 Å². The third kappa shape index (κ3) is 3.62. The second kappa shape index (κ2) is 5.61. The maximum absolute atomic E-state index is 10.8. The highest BCUT2D eigenvalue weighted by Gasteiger charge is 2.03. The monoisotopic (exact) mass is 323 g/mol. The van der Waals surface area contributed by atoms with Gasteiger partial charge in [-0.15, -0.1) is 5.10 Å². The smallest absolute Gasteiger partial charge is 0.269 e. The molecule has 0 fully saturated rings. The molecule has 1 aromatic carbocycles. The lowest BCUT2D eigenvalue weighted by Crippen LogP contribution is -2.06. The van der Waals surface area contributed by atoms with Crippen molar-refractivity contribution < 1.29 is 9.90 Å². The van der Waals surface area contributed by atoms with Gasteiger partial charge in [0.05, 0.1) is 0 Å². The largest absolute Gasteiger partial charge is 0.507 e. The Hall–Kier alpha value is -2.22. The number of aliphatic imine (C=N–C) groups is 1. The van der Waals surface area contributed by atoms with Gasteiger partial charge in [-0.25, -0.2) is 10.1 Å². The van der Waals surface area contributed by atoms with E-state index in [0.29, 0.717) is 5.56 Å². The number of benzene rings is 1. The molecule has 0 saturated heterocycles. The summed E-state index contributed by atoms with van der Waals surface area (Å²) in [5.74, 6) is 0.224. The Morgan fingerprint density at radius 3 is 3.11 bits per heavy atom. The van der Waals surface area contributed by atoms with E-state index in [2.05, 4.69) is 41.4 Å². The van der Waals surface area contributed by atoms with E-state index in [1.807, 2.05) is 0 Å². The summed E-state index contributed by atoms with van der Waals surface area (Å²) in [6, 6.07) is 4.97. The molecule has 0 bridgehead atoms. The first-order chi connectivity index (χ1) is 9.04. The van der Waals surface area contributed by atoms with Gasteiger partial charge in [0.15, 0.2) is 0 Å². The van der Waals surface area contributed by atoms with Crippen LogP contribution in [0.2, 0.25) is 0 Å². The van der Waals surface area contributed by atoms with Gasteiger partial charge in [0.2, 0.25) is 11.9 Å². The number of anilines is 1. The molecule has 1 aromatic heterocycles. The van der Waals surface area contributed by atoms with Gasteiger partial charge in [-0.05, 0) is 18.2 Å². The Labute approximate surface area is 116 Å². The van der Waals surface area contributed by atoms with Crippen molar-refractivity contribution in [2.75, 3.05) is 5.32 Å². The number of hydrogen-bond acceptors (Lipinski definition) is 5. The minimum absolute atomic E-state index is 0.101. The fourth-order valence-electron chi connectivity index (χ4n) is 1.29. The molecule has 0 radical (unpaired) electrons. The van der Waals surface area contributed by atoms with E-state index in [1.54, 1.807) is 18.2 Å². The van der Waals surface area contributed by atoms with Crippen LogP contribution in [-0.4, -0.2) is 32.4 Å². The molecule has 0 aliphatic rings. The summed E-state index contributed by atoms with van der Waals surface area (Å²) in [5.41, 5.74) is 0.528. The first-order valence-corrected chi connectivity index (χ1v) is 6.06. The lowest BCUT2D eigenvalue weighted by atomic mass is 10.2. The molecule has 2 aromatic rings. The third-order valence-corrected chi connectivity index (χ3v) is 2.57. The molecular weight excluding hydrogens is 314 g/mol. The lowest BCUT2D eigenvalue weighted by Gasteiger charge is -1.97. The summed E-state index contributed by atoms with van der Waals surface area (Å²) in [4.78, 5) is 18.7. The van der Waals surface area contributed by atoms with Crippen LogP contribution in [0, 0.1) is 0 Å². The molecule has 0 aliphatic carbocycles. The van der Waals surface area contributed by atoms with Crippen LogP contribution in [0.4, 0.5) is 11.9 Å². The summed E-state index contributed by atoms with van der Waals surface area (Å²) in [5, 5.41) is 18.4. The van der Waals surface area contributed by atoms with Crippen LogP contribution in [0.25, 0.3) is 0 Å². The van der Waals surface area contributed by atoms with Gasteiger partial charge in [-0.2, -0.15) is 4.98 Å². The normalized spacial score (nSPS) is 10.8. The van der Waals surface area contributed by atoms with Crippen LogP contribution in [-0.2, 0) is 4.79 Å². The SMILES string of the molecule is CC(=O)Nc1nc(N=Cc2cc(Br)ccc2O)n[nH]1. The number of rotatable bonds is 3. The summed E-state index contributed by atoms with van der Waals surface area (Å²) >= 11 is 3.30. The maximum Gasteiger partial charge on any atom is 0.269 e. The predicted molar refractivity (Wildman–Crippen MR) is 73.7 cm³/mol. The number of nitrogens with zero attached hydrogens (tertiary/aromatic N) is 3. The molecule has 19 heavy (non-hydrogen) atoms. The number of halogens is 1. The molecule has 3 N–H and O–H groups in total. The van der Waals surface area contributed by atoms with E-state index in [-0.39, 0.29) is 23.6 Å². The molecular formula is C11H10BrN5O2. The summed E-state index contributed by atoms with van der Waals surface area (Å²) in [6.45, 7) is 1.37. The summed E-state index contributed by atoms with van der Waals surface area (Å²) in [6.07, 6.45) is 1.43. The molecule has 8 heteroatoms. The number of phenols is 1. The fraction of sp³-hybridized carbons (Fsp3) is 0.0909. The highest BCUT2D eigenvalue weighted by atomic mass is 79.9. The maximum atomic E-state index is 10.8. The van der Waals surface area contributed by atoms with Gasteiger partial charge in [0.1, 0.15) is 5.75 Å². The number of carbonyl (C=O) groups excluding carboxylic acids is 1. The van der Waals surface area contributed by atoms with Crippen LogP contribution < -0.4 is 5.32 Å². The van der Waals surface area contributed by atoms with E-state index in [1.165, 1.54) is 13.1 Å². The van der Waals surface area contributed by atoms with Crippen LogP contribution in [0.15, 0.2) is 27.7 Å². The van der Waals surface area contributed by atoms with E-state index in [0.717, 1.165) is 4.47 Å². The van der Waals surface area contributed by atoms with Crippen LogP contribution in [0.1, 0.15) is 12.5 Å². The van der Waals surface area contributed by atoms with Gasteiger partial charge in [0.25, 0.3) is 5.95 Å². The standard InChI is InChI=1S/C11H10BrN5O2/c1-6(18)14-11-15-10(16-17-11)13-5-7-4-8(12)2-3-9(7)19/h2-5,19H,1H3,(H2,14,15,16,17,18). The number of amides is 1. The highest BCUT2D eigenvalue weighted by molar-refractivity contribution is 9.10. The van der Waals surface area contributed by atoms with Crippen molar-refractivity contribution in [1.82, 2.24) is 15.2 Å². The van der Waals surface area contributed by atoms with Gasteiger partial charge in [0, 0.05) is 23.2 Å². The average Bonchev–Trinajstić information content (AvgIpc) is 2.77. The molecule has 0 atom stereocenters. The topological polar surface area (TPSA) is 103 Å². The Kier molecular flexibility index (Phi) is 3.91. The lowest BCUT2D eigenvalue weighted by molar-refractivity contribution is -0.114. The Bertz CT molecular complexity index is 638. The van der Waals surface area contributed by atoms with E-state index >= 15 is 0 Å². The van der Waals surface area contributed by atoms with Gasteiger partial charge >= 0.3 is 0 Å². The van der Waals surface area contributed by atoms with Crippen LogP contribution in [0.5, 0.6) is 5.75 Å². The Balaban J connectivity index is 2.16. The van der Waals surface area contributed by atoms with Gasteiger partial charge < -0.3 is 5.11 Å². The van der Waals surface area contributed by atoms with E-state index < -0.39 is 0 Å². The molecule has 0 unspecified atom stereocenters. The molecule has 0 spiro atoms. The summed E-state index contributed by atoms with van der Waals surface area (Å²) in [7, 11) is 0. The zero-order valence-electron chi connectivity index (χ0n) is 9.88. The van der Waals surface area contributed by atoms with Crippen LogP contribution in [0.3, 0.4) is 0 Å². The minimum atomic E-state index is -0.253. The number of phenolic OH excluding ortho intramolecular Hbond substituents is 1. The second-order valence-electron chi connectivity index (χ2n) is 3.63. The number of carbonyl (C=O) groups is 1. The number of hydrogen-bond donors (Lipinski definition) is 3. The Morgan fingerprint density at radius 2 is 2.37 bits per heavy atom. The average molecular weight is 324 g/mol. The highest BCUT2D eigenvalue weighted by Crippen LogP contribution is 2.20. The number of nitrogens with one attached hydrogen (secondary N) is 2. The van der Waals surface area contributed by atoms with Gasteiger partial charge in [-0.3, -0.25) is 10.1 Å². The molecule has 1 amide bonds. The predicted octanol–water partition coefficient (Wildman–Crippen LogP) is 1.98. The third-order valence-electron chi connectivity index (χ3n) is 2.08.